The molecule has 0 spiro atoms. The molecule has 0 saturated carbocycles. The van der Waals surface area contributed by atoms with Gasteiger partial charge in [0.05, 0.1) is 0 Å². The van der Waals surface area contributed by atoms with Gasteiger partial charge in [0.2, 0.25) is 0 Å². The summed E-state index contributed by atoms with van der Waals surface area (Å²) in [6.07, 6.45) is 4.37. The number of hydrogen-bond acceptors (Lipinski definition) is 3. The zero-order valence-corrected chi connectivity index (χ0v) is 12.5. The molecule has 7 heteroatoms. The second kappa shape index (κ2) is 7.21. The van der Waals surface area contributed by atoms with Gasteiger partial charge in [-0.2, -0.15) is 17.0 Å². The molecule has 1 fully saturated rings. The average Bonchev–Trinajstić information content (AvgIpc) is 2.63. The lowest BCUT2D eigenvalue weighted by Crippen LogP contribution is -2.49. The molecule has 0 aliphatic carbocycles. The molecule has 0 radical (unpaired) electrons. The lowest BCUT2D eigenvalue weighted by molar-refractivity contribution is -0.137. The maximum Gasteiger partial charge on any atom is 0.318 e. The van der Waals surface area contributed by atoms with Crippen LogP contribution >= 0.6 is 0 Å². The molecule has 1 saturated heterocycles. The number of carboxylic acid groups (broad SMARTS) is 1. The van der Waals surface area contributed by atoms with E-state index in [4.69, 9.17) is 5.11 Å². The van der Waals surface area contributed by atoms with Gasteiger partial charge in [0.15, 0.2) is 0 Å². The van der Waals surface area contributed by atoms with Gasteiger partial charge in [0.1, 0.15) is 6.54 Å². The molecule has 112 valence electrons. The highest BCUT2D eigenvalue weighted by Crippen LogP contribution is 2.19. The summed E-state index contributed by atoms with van der Waals surface area (Å²) < 4.78 is 27.7. The average molecular weight is 292 g/mol. The second-order valence-corrected chi connectivity index (χ2v) is 6.90. The largest absolute Gasteiger partial charge is 0.480 e. The Morgan fingerprint density at radius 1 is 1.26 bits per heavy atom. The van der Waals surface area contributed by atoms with E-state index in [1.54, 1.807) is 6.92 Å². The Bertz CT molecular complexity index is 389. The molecule has 0 aromatic rings. The Labute approximate surface area is 115 Å². The molecule has 0 bridgehead atoms. The lowest BCUT2D eigenvalue weighted by Gasteiger charge is -2.31. The number of hydrogen-bond donors (Lipinski definition) is 1. The maximum absolute atomic E-state index is 12.6. The van der Waals surface area contributed by atoms with Crippen LogP contribution in [0.2, 0.25) is 0 Å². The standard InChI is InChI=1S/C12H24N2O4S/c1-3-11(2)14(10-12(15)16)19(17,18)13-8-6-4-5-7-9-13/h11H,3-10H2,1-2H3,(H,15,16). The highest BCUT2D eigenvalue weighted by atomic mass is 32.2. The Kier molecular flexibility index (Phi) is 6.22. The van der Waals surface area contributed by atoms with Crippen LogP contribution in [-0.4, -0.2) is 53.8 Å². The van der Waals surface area contributed by atoms with Gasteiger partial charge in [0, 0.05) is 19.1 Å². The molecule has 1 atom stereocenters. The Balaban J connectivity index is 2.93. The molecule has 1 aliphatic heterocycles. The van der Waals surface area contributed by atoms with Crippen molar-refractivity contribution < 1.29 is 18.3 Å². The van der Waals surface area contributed by atoms with E-state index in [0.717, 1.165) is 30.0 Å². The molecular weight excluding hydrogens is 268 g/mol. The number of nitrogens with zero attached hydrogens (tertiary/aromatic N) is 2. The quantitative estimate of drug-likeness (QED) is 0.800. The van der Waals surface area contributed by atoms with E-state index >= 15 is 0 Å². The van der Waals surface area contributed by atoms with Crippen LogP contribution in [0.5, 0.6) is 0 Å². The minimum absolute atomic E-state index is 0.302. The van der Waals surface area contributed by atoms with Gasteiger partial charge >= 0.3 is 5.97 Å². The maximum atomic E-state index is 12.6. The molecule has 1 N–H and O–H groups in total. The van der Waals surface area contributed by atoms with Crippen molar-refractivity contribution in [3.8, 4) is 0 Å². The monoisotopic (exact) mass is 292 g/mol. The van der Waals surface area contributed by atoms with E-state index < -0.39 is 22.7 Å². The number of carboxylic acids is 1. The Morgan fingerprint density at radius 3 is 2.21 bits per heavy atom. The summed E-state index contributed by atoms with van der Waals surface area (Å²) >= 11 is 0. The summed E-state index contributed by atoms with van der Waals surface area (Å²) in [6, 6.07) is -0.302. The van der Waals surface area contributed by atoms with E-state index in [2.05, 4.69) is 0 Å². The predicted octanol–water partition coefficient (Wildman–Crippen LogP) is 1.29. The number of aliphatic carboxylic acids is 1. The van der Waals surface area contributed by atoms with Crippen molar-refractivity contribution in [2.75, 3.05) is 19.6 Å². The molecule has 0 aromatic heterocycles. The molecule has 1 rings (SSSR count). The Hall–Kier alpha value is -0.660. The third-order valence-corrected chi connectivity index (χ3v) is 5.66. The lowest BCUT2D eigenvalue weighted by atomic mass is 10.2. The summed E-state index contributed by atoms with van der Waals surface area (Å²) in [5.74, 6) is -1.11. The molecule has 1 unspecified atom stereocenters. The molecule has 1 aliphatic rings. The van der Waals surface area contributed by atoms with Crippen LogP contribution in [0.1, 0.15) is 46.0 Å². The zero-order valence-electron chi connectivity index (χ0n) is 11.7. The van der Waals surface area contributed by atoms with Crippen LogP contribution in [0.25, 0.3) is 0 Å². The summed E-state index contributed by atoms with van der Waals surface area (Å²) in [5.41, 5.74) is 0. The van der Waals surface area contributed by atoms with Crippen molar-refractivity contribution in [1.82, 2.24) is 8.61 Å². The van der Waals surface area contributed by atoms with Crippen molar-refractivity contribution in [1.29, 1.82) is 0 Å². The zero-order chi connectivity index (χ0) is 14.5. The van der Waals surface area contributed by atoms with Crippen LogP contribution in [0.15, 0.2) is 0 Å². The first-order valence-corrected chi connectivity index (χ1v) is 8.28. The van der Waals surface area contributed by atoms with E-state index in [1.807, 2.05) is 6.92 Å². The molecule has 1 heterocycles. The third-order valence-electron chi connectivity index (χ3n) is 3.56. The summed E-state index contributed by atoms with van der Waals surface area (Å²) in [5, 5.41) is 8.92. The van der Waals surface area contributed by atoms with Gasteiger partial charge in [-0.25, -0.2) is 0 Å². The van der Waals surface area contributed by atoms with Crippen LogP contribution in [-0.2, 0) is 15.0 Å². The topological polar surface area (TPSA) is 77.9 Å². The predicted molar refractivity (Wildman–Crippen MR) is 73.1 cm³/mol. The molecule has 19 heavy (non-hydrogen) atoms. The first-order valence-electron chi connectivity index (χ1n) is 6.88. The van der Waals surface area contributed by atoms with Crippen molar-refractivity contribution in [3.05, 3.63) is 0 Å². The smallest absolute Gasteiger partial charge is 0.318 e. The molecule has 0 amide bonds. The first-order chi connectivity index (χ1) is 8.89. The fraction of sp³-hybridized carbons (Fsp3) is 0.917. The van der Waals surface area contributed by atoms with Gasteiger partial charge in [0.25, 0.3) is 10.2 Å². The van der Waals surface area contributed by atoms with Crippen molar-refractivity contribution in [3.63, 3.8) is 0 Å². The van der Waals surface area contributed by atoms with E-state index in [9.17, 15) is 13.2 Å². The van der Waals surface area contributed by atoms with Crippen LogP contribution in [0, 0.1) is 0 Å². The van der Waals surface area contributed by atoms with Crippen molar-refractivity contribution >= 4 is 16.2 Å². The van der Waals surface area contributed by atoms with Gasteiger partial charge in [-0.15, -0.1) is 0 Å². The normalized spacial score (nSPS) is 20.2. The summed E-state index contributed by atoms with van der Waals surface area (Å²) in [4.78, 5) is 10.9. The minimum Gasteiger partial charge on any atom is -0.480 e. The van der Waals surface area contributed by atoms with Crippen molar-refractivity contribution in [2.45, 2.75) is 52.0 Å². The van der Waals surface area contributed by atoms with E-state index in [-0.39, 0.29) is 6.04 Å². The van der Waals surface area contributed by atoms with E-state index in [1.165, 1.54) is 4.31 Å². The first kappa shape index (κ1) is 16.4. The third kappa shape index (κ3) is 4.43. The fourth-order valence-electron chi connectivity index (χ4n) is 2.22. The second-order valence-electron chi connectivity index (χ2n) is 5.02. The van der Waals surface area contributed by atoms with Crippen LogP contribution in [0.3, 0.4) is 0 Å². The minimum atomic E-state index is -3.67. The SMILES string of the molecule is CCC(C)N(CC(=O)O)S(=O)(=O)N1CCCCCC1. The van der Waals surface area contributed by atoms with Gasteiger partial charge < -0.3 is 5.11 Å². The molecule has 0 aromatic carbocycles. The highest BCUT2D eigenvalue weighted by Gasteiger charge is 2.34. The Morgan fingerprint density at radius 2 is 1.79 bits per heavy atom. The number of rotatable bonds is 6. The van der Waals surface area contributed by atoms with Crippen LogP contribution < -0.4 is 0 Å². The van der Waals surface area contributed by atoms with Gasteiger partial charge in [-0.3, -0.25) is 4.79 Å². The van der Waals surface area contributed by atoms with Gasteiger partial charge in [-0.1, -0.05) is 19.8 Å². The van der Waals surface area contributed by atoms with Crippen LogP contribution in [0.4, 0.5) is 0 Å². The molecular formula is C12H24N2O4S. The van der Waals surface area contributed by atoms with Gasteiger partial charge in [-0.05, 0) is 26.2 Å². The highest BCUT2D eigenvalue weighted by molar-refractivity contribution is 7.86. The number of carbonyl (C=O) groups is 1. The summed E-state index contributed by atoms with van der Waals surface area (Å²) in [6.45, 7) is 4.13. The summed E-state index contributed by atoms with van der Waals surface area (Å²) in [7, 11) is -3.67. The fourth-order valence-corrected chi connectivity index (χ4v) is 4.12. The van der Waals surface area contributed by atoms with E-state index in [0.29, 0.717) is 19.5 Å². The van der Waals surface area contributed by atoms with Crippen molar-refractivity contribution in [2.24, 2.45) is 0 Å². The molecule has 6 nitrogen and oxygen atoms in total.